The normalized spacial score (nSPS) is 20.9. The zero-order valence-corrected chi connectivity index (χ0v) is 17.1. The smallest absolute Gasteiger partial charge is 0.251 e. The van der Waals surface area contributed by atoms with Crippen molar-refractivity contribution in [3.63, 3.8) is 0 Å². The van der Waals surface area contributed by atoms with E-state index >= 15 is 0 Å². The first-order valence-electron chi connectivity index (χ1n) is 9.10. The van der Waals surface area contributed by atoms with Crippen LogP contribution in [0.4, 0.5) is 0 Å². The maximum Gasteiger partial charge on any atom is 0.251 e. The maximum atomic E-state index is 12.1. The predicted molar refractivity (Wildman–Crippen MR) is 110 cm³/mol. The van der Waals surface area contributed by atoms with Gasteiger partial charge < -0.3 is 14.8 Å². The number of benzene rings is 1. The van der Waals surface area contributed by atoms with Crippen molar-refractivity contribution in [3.8, 4) is 5.75 Å². The summed E-state index contributed by atoms with van der Waals surface area (Å²) in [5.41, 5.74) is 1.32. The summed E-state index contributed by atoms with van der Waals surface area (Å²) in [5, 5.41) is 2.59. The molecule has 0 aliphatic heterocycles. The Bertz CT molecular complexity index is 853. The lowest BCUT2D eigenvalue weighted by molar-refractivity contribution is 0.0956. The van der Waals surface area contributed by atoms with Gasteiger partial charge in [-0.05, 0) is 55.2 Å². The summed E-state index contributed by atoms with van der Waals surface area (Å²) in [6, 6.07) is 6.68. The van der Waals surface area contributed by atoms with E-state index in [2.05, 4.69) is 11.9 Å². The van der Waals surface area contributed by atoms with Gasteiger partial charge in [-0.25, -0.2) is 8.42 Å². The van der Waals surface area contributed by atoms with Crippen LogP contribution in [0.3, 0.4) is 0 Å². The molecule has 1 aliphatic rings. The van der Waals surface area contributed by atoms with E-state index < -0.39 is 9.84 Å². The molecule has 1 aromatic carbocycles. The van der Waals surface area contributed by atoms with Gasteiger partial charge in [0.1, 0.15) is 21.3 Å². The second-order valence-electron chi connectivity index (χ2n) is 6.71. The Labute approximate surface area is 166 Å². The van der Waals surface area contributed by atoms with Crippen LogP contribution < -0.4 is 10.1 Å². The van der Waals surface area contributed by atoms with Crippen LogP contribution in [0.5, 0.6) is 5.75 Å². The van der Waals surface area contributed by atoms with E-state index in [1.165, 1.54) is 0 Å². The SMILES string of the molecule is C=C1CC[C@@H](OC)C/C=C\C=C/1Oc1ccc(C(=O)NCCS(C)(=O)=O)cc1. The van der Waals surface area contributed by atoms with E-state index in [0.29, 0.717) is 17.1 Å². The Hall–Kier alpha value is -2.38. The number of hydrogen-bond donors (Lipinski definition) is 1. The third-order valence-corrected chi connectivity index (χ3v) is 5.28. The van der Waals surface area contributed by atoms with Crippen molar-refractivity contribution in [2.75, 3.05) is 25.7 Å². The first-order valence-corrected chi connectivity index (χ1v) is 11.2. The molecule has 0 saturated carbocycles. The summed E-state index contributed by atoms with van der Waals surface area (Å²) in [5.74, 6) is 0.859. The molecule has 0 heterocycles. The average molecular weight is 406 g/mol. The topological polar surface area (TPSA) is 81.7 Å². The fourth-order valence-corrected chi connectivity index (χ4v) is 3.13. The predicted octanol–water partition coefficient (Wildman–Crippen LogP) is 3.04. The average Bonchev–Trinajstić information content (AvgIpc) is 2.73. The zero-order chi connectivity index (χ0) is 20.6. The van der Waals surface area contributed by atoms with Gasteiger partial charge in [0.2, 0.25) is 0 Å². The molecule has 0 bridgehead atoms. The van der Waals surface area contributed by atoms with Crippen molar-refractivity contribution in [2.24, 2.45) is 0 Å². The Morgan fingerprint density at radius 3 is 2.64 bits per heavy atom. The molecule has 0 aromatic heterocycles. The number of ether oxygens (including phenoxy) is 2. The van der Waals surface area contributed by atoms with E-state index in [1.54, 1.807) is 31.4 Å². The first-order chi connectivity index (χ1) is 13.3. The van der Waals surface area contributed by atoms with Crippen LogP contribution in [0.2, 0.25) is 0 Å². The molecule has 152 valence electrons. The molecule has 0 saturated heterocycles. The number of sulfone groups is 1. The van der Waals surface area contributed by atoms with Gasteiger partial charge in [0, 0.05) is 25.5 Å². The molecule has 1 N–H and O–H groups in total. The van der Waals surface area contributed by atoms with E-state index in [1.807, 2.05) is 18.2 Å². The number of amides is 1. The minimum Gasteiger partial charge on any atom is -0.457 e. The summed E-state index contributed by atoms with van der Waals surface area (Å²) in [6.07, 6.45) is 9.64. The van der Waals surface area contributed by atoms with E-state index in [0.717, 1.165) is 31.1 Å². The third-order valence-electron chi connectivity index (χ3n) is 4.34. The molecule has 0 radical (unpaired) electrons. The van der Waals surface area contributed by atoms with Crippen molar-refractivity contribution in [3.05, 3.63) is 66.0 Å². The fraction of sp³-hybridized carbons (Fsp3) is 0.381. The van der Waals surface area contributed by atoms with E-state index in [4.69, 9.17) is 9.47 Å². The minimum atomic E-state index is -3.11. The minimum absolute atomic E-state index is 0.0808. The first kappa shape index (κ1) is 21.9. The Balaban J connectivity index is 1.97. The summed E-state index contributed by atoms with van der Waals surface area (Å²) < 4.78 is 33.6. The summed E-state index contributed by atoms with van der Waals surface area (Å²) >= 11 is 0. The Kier molecular flexibility index (Phi) is 8.02. The lowest BCUT2D eigenvalue weighted by Crippen LogP contribution is -2.28. The lowest BCUT2D eigenvalue weighted by atomic mass is 10.1. The number of hydrogen-bond acceptors (Lipinski definition) is 5. The highest BCUT2D eigenvalue weighted by Gasteiger charge is 2.13. The largest absolute Gasteiger partial charge is 0.457 e. The van der Waals surface area contributed by atoms with Crippen molar-refractivity contribution in [1.29, 1.82) is 0 Å². The standard InChI is InChI=1S/C21H27NO5S/c1-16-8-11-18(26-2)6-4-5-7-20(16)27-19-12-9-17(10-13-19)21(23)22-14-15-28(3,24)25/h4-5,7,9-10,12-13,18H,1,6,8,11,14-15H2,2-3H3,(H,22,23)/b5-4-,20-7+/t18-/m0/s1. The number of carbonyl (C=O) groups is 1. The van der Waals surface area contributed by atoms with Crippen LogP contribution in [0.15, 0.2) is 60.4 Å². The molecule has 28 heavy (non-hydrogen) atoms. The molecule has 1 aromatic rings. The number of allylic oxidation sites excluding steroid dienone is 3. The highest BCUT2D eigenvalue weighted by molar-refractivity contribution is 7.90. The van der Waals surface area contributed by atoms with Crippen LogP contribution in [0, 0.1) is 0 Å². The quantitative estimate of drug-likeness (QED) is 0.754. The molecular weight excluding hydrogens is 378 g/mol. The molecule has 6 nitrogen and oxygen atoms in total. The number of nitrogens with one attached hydrogen (secondary N) is 1. The molecule has 0 spiro atoms. The van der Waals surface area contributed by atoms with Crippen molar-refractivity contribution in [1.82, 2.24) is 5.32 Å². The maximum absolute atomic E-state index is 12.1. The van der Waals surface area contributed by atoms with E-state index in [9.17, 15) is 13.2 Å². The van der Waals surface area contributed by atoms with Gasteiger partial charge in [-0.3, -0.25) is 4.79 Å². The van der Waals surface area contributed by atoms with Gasteiger partial charge in [0.25, 0.3) is 5.91 Å². The highest BCUT2D eigenvalue weighted by Crippen LogP contribution is 2.24. The van der Waals surface area contributed by atoms with Crippen LogP contribution in [-0.4, -0.2) is 46.1 Å². The van der Waals surface area contributed by atoms with Crippen molar-refractivity contribution >= 4 is 15.7 Å². The number of rotatable bonds is 7. The lowest BCUT2D eigenvalue weighted by Gasteiger charge is -2.15. The number of methoxy groups -OCH3 is 1. The van der Waals surface area contributed by atoms with Gasteiger partial charge in [-0.1, -0.05) is 18.7 Å². The van der Waals surface area contributed by atoms with Crippen LogP contribution in [-0.2, 0) is 14.6 Å². The van der Waals surface area contributed by atoms with Gasteiger partial charge in [-0.2, -0.15) is 0 Å². The van der Waals surface area contributed by atoms with Gasteiger partial charge in [0.05, 0.1) is 11.9 Å². The van der Waals surface area contributed by atoms with Gasteiger partial charge >= 0.3 is 0 Å². The zero-order valence-electron chi connectivity index (χ0n) is 16.3. The second-order valence-corrected chi connectivity index (χ2v) is 8.97. The Morgan fingerprint density at radius 1 is 1.29 bits per heavy atom. The molecular formula is C21H27NO5S. The molecule has 7 heteroatoms. The van der Waals surface area contributed by atoms with Gasteiger partial charge in [-0.15, -0.1) is 0 Å². The fourth-order valence-electron chi connectivity index (χ4n) is 2.65. The number of carbonyl (C=O) groups excluding carboxylic acids is 1. The molecule has 0 fully saturated rings. The third kappa shape index (κ3) is 7.32. The molecule has 1 atom stereocenters. The Morgan fingerprint density at radius 2 is 2.00 bits per heavy atom. The summed E-state index contributed by atoms with van der Waals surface area (Å²) in [7, 11) is -1.40. The van der Waals surface area contributed by atoms with Crippen LogP contribution in [0.25, 0.3) is 0 Å². The molecule has 2 rings (SSSR count). The molecule has 1 amide bonds. The molecule has 1 aliphatic carbocycles. The summed E-state index contributed by atoms with van der Waals surface area (Å²) in [6.45, 7) is 4.19. The highest BCUT2D eigenvalue weighted by atomic mass is 32.2. The summed E-state index contributed by atoms with van der Waals surface area (Å²) in [4.78, 5) is 12.1. The van der Waals surface area contributed by atoms with E-state index in [-0.39, 0.29) is 24.3 Å². The van der Waals surface area contributed by atoms with Gasteiger partial charge in [0.15, 0.2) is 0 Å². The monoisotopic (exact) mass is 405 g/mol. The van der Waals surface area contributed by atoms with Crippen LogP contribution >= 0.6 is 0 Å². The second kappa shape index (κ2) is 10.2. The van der Waals surface area contributed by atoms with Crippen LogP contribution in [0.1, 0.15) is 29.6 Å². The van der Waals surface area contributed by atoms with Crippen molar-refractivity contribution < 1.29 is 22.7 Å². The molecule has 0 unspecified atom stereocenters. The van der Waals surface area contributed by atoms with Crippen molar-refractivity contribution in [2.45, 2.75) is 25.4 Å².